The molecular weight excluding hydrogens is 188 g/mol. The van der Waals surface area contributed by atoms with E-state index in [2.05, 4.69) is 25.7 Å². The molecule has 0 aliphatic rings. The fourth-order valence-corrected chi connectivity index (χ4v) is 1.94. The molecule has 0 saturated carbocycles. The SMILES string of the molecule is CCN(CCCO)CC(CC)(CC)CN. The molecule has 15 heavy (non-hydrogen) atoms. The van der Waals surface area contributed by atoms with Gasteiger partial charge < -0.3 is 15.7 Å². The fourth-order valence-electron chi connectivity index (χ4n) is 1.94. The topological polar surface area (TPSA) is 49.5 Å². The molecule has 3 heteroatoms. The molecule has 0 radical (unpaired) electrons. The first-order valence-electron chi connectivity index (χ1n) is 6.21. The van der Waals surface area contributed by atoms with Gasteiger partial charge in [-0.1, -0.05) is 20.8 Å². The molecule has 0 aromatic rings. The summed E-state index contributed by atoms with van der Waals surface area (Å²) in [5, 5.41) is 8.83. The zero-order valence-corrected chi connectivity index (χ0v) is 10.6. The van der Waals surface area contributed by atoms with Gasteiger partial charge in [-0.15, -0.1) is 0 Å². The molecule has 0 fully saturated rings. The van der Waals surface area contributed by atoms with E-state index >= 15 is 0 Å². The summed E-state index contributed by atoms with van der Waals surface area (Å²) in [6.45, 7) is 10.7. The Balaban J connectivity index is 4.21. The zero-order chi connectivity index (χ0) is 11.7. The largest absolute Gasteiger partial charge is 0.396 e. The van der Waals surface area contributed by atoms with Crippen molar-refractivity contribution in [2.45, 2.75) is 40.0 Å². The highest BCUT2D eigenvalue weighted by molar-refractivity contribution is 4.81. The maximum Gasteiger partial charge on any atom is 0.0443 e. The number of aliphatic hydroxyl groups excluding tert-OH is 1. The van der Waals surface area contributed by atoms with Gasteiger partial charge in [-0.2, -0.15) is 0 Å². The summed E-state index contributed by atoms with van der Waals surface area (Å²) < 4.78 is 0. The molecule has 3 N–H and O–H groups in total. The van der Waals surface area contributed by atoms with Crippen LogP contribution in [0.2, 0.25) is 0 Å². The van der Waals surface area contributed by atoms with Crippen LogP contribution in [0.25, 0.3) is 0 Å². The van der Waals surface area contributed by atoms with Crippen LogP contribution in [-0.2, 0) is 0 Å². The molecule has 0 aromatic carbocycles. The standard InChI is InChI=1S/C12H28N2O/c1-4-12(5-2,10-13)11-14(6-3)8-7-9-15/h15H,4-11,13H2,1-3H3. The third-order valence-corrected chi connectivity index (χ3v) is 3.57. The molecule has 0 bridgehead atoms. The van der Waals surface area contributed by atoms with Gasteiger partial charge in [-0.3, -0.25) is 0 Å². The summed E-state index contributed by atoms with van der Waals surface area (Å²) in [4.78, 5) is 2.40. The van der Waals surface area contributed by atoms with Gasteiger partial charge in [0.15, 0.2) is 0 Å². The van der Waals surface area contributed by atoms with E-state index in [9.17, 15) is 0 Å². The highest BCUT2D eigenvalue weighted by atomic mass is 16.3. The van der Waals surface area contributed by atoms with Crippen molar-refractivity contribution in [2.75, 3.05) is 32.8 Å². The van der Waals surface area contributed by atoms with Gasteiger partial charge >= 0.3 is 0 Å². The number of rotatable bonds is 9. The highest BCUT2D eigenvalue weighted by Gasteiger charge is 2.26. The first-order chi connectivity index (χ1) is 7.17. The van der Waals surface area contributed by atoms with Gasteiger partial charge in [0, 0.05) is 19.7 Å². The third kappa shape index (κ3) is 4.96. The van der Waals surface area contributed by atoms with E-state index in [1.807, 2.05) is 0 Å². The molecular formula is C12H28N2O. The highest BCUT2D eigenvalue weighted by Crippen LogP contribution is 2.26. The number of hydrogen-bond acceptors (Lipinski definition) is 3. The zero-order valence-electron chi connectivity index (χ0n) is 10.6. The fraction of sp³-hybridized carbons (Fsp3) is 1.00. The average Bonchev–Trinajstić information content (AvgIpc) is 2.30. The maximum absolute atomic E-state index is 8.83. The molecule has 0 aliphatic carbocycles. The van der Waals surface area contributed by atoms with Crippen molar-refractivity contribution < 1.29 is 5.11 Å². The minimum absolute atomic E-state index is 0.269. The van der Waals surface area contributed by atoms with Crippen molar-refractivity contribution in [3.05, 3.63) is 0 Å². The lowest BCUT2D eigenvalue weighted by molar-refractivity contribution is 0.139. The summed E-state index contributed by atoms with van der Waals surface area (Å²) >= 11 is 0. The number of nitrogens with zero attached hydrogens (tertiary/aromatic N) is 1. The Morgan fingerprint density at radius 1 is 1.20 bits per heavy atom. The van der Waals surface area contributed by atoms with E-state index in [1.165, 1.54) is 0 Å². The lowest BCUT2D eigenvalue weighted by Crippen LogP contribution is -2.42. The first-order valence-corrected chi connectivity index (χ1v) is 6.21. The third-order valence-electron chi connectivity index (χ3n) is 3.57. The van der Waals surface area contributed by atoms with E-state index in [1.54, 1.807) is 0 Å². The lowest BCUT2D eigenvalue weighted by atomic mass is 9.82. The second-order valence-corrected chi connectivity index (χ2v) is 4.36. The van der Waals surface area contributed by atoms with Crippen LogP contribution in [0.5, 0.6) is 0 Å². The van der Waals surface area contributed by atoms with E-state index in [4.69, 9.17) is 10.8 Å². The van der Waals surface area contributed by atoms with Crippen LogP contribution in [0.15, 0.2) is 0 Å². The average molecular weight is 216 g/mol. The normalized spacial score (nSPS) is 12.4. The van der Waals surface area contributed by atoms with Crippen molar-refractivity contribution >= 4 is 0 Å². The summed E-state index contributed by atoms with van der Waals surface area (Å²) in [6, 6.07) is 0. The summed E-state index contributed by atoms with van der Waals surface area (Å²) in [7, 11) is 0. The quantitative estimate of drug-likeness (QED) is 0.613. The minimum atomic E-state index is 0.269. The van der Waals surface area contributed by atoms with Crippen LogP contribution in [0.4, 0.5) is 0 Å². The van der Waals surface area contributed by atoms with Gasteiger partial charge in [-0.05, 0) is 37.8 Å². The Hall–Kier alpha value is -0.120. The molecule has 0 heterocycles. The Morgan fingerprint density at radius 2 is 1.80 bits per heavy atom. The maximum atomic E-state index is 8.83. The molecule has 0 saturated heterocycles. The summed E-state index contributed by atoms with van der Waals surface area (Å²) in [5.41, 5.74) is 6.15. The van der Waals surface area contributed by atoms with Gasteiger partial charge in [-0.25, -0.2) is 0 Å². The van der Waals surface area contributed by atoms with E-state index in [0.29, 0.717) is 0 Å². The van der Waals surface area contributed by atoms with Gasteiger partial charge in [0.1, 0.15) is 0 Å². The van der Waals surface area contributed by atoms with Crippen LogP contribution in [0.1, 0.15) is 40.0 Å². The monoisotopic (exact) mass is 216 g/mol. The van der Waals surface area contributed by atoms with Crippen molar-refractivity contribution in [2.24, 2.45) is 11.1 Å². The Bertz CT molecular complexity index is 138. The Morgan fingerprint density at radius 3 is 2.13 bits per heavy atom. The second-order valence-electron chi connectivity index (χ2n) is 4.36. The molecule has 0 rings (SSSR count). The molecule has 0 unspecified atom stereocenters. The molecule has 0 atom stereocenters. The number of nitrogens with two attached hydrogens (primary N) is 1. The predicted molar refractivity (Wildman–Crippen MR) is 65.9 cm³/mol. The van der Waals surface area contributed by atoms with Crippen molar-refractivity contribution in [1.82, 2.24) is 4.90 Å². The number of hydrogen-bond donors (Lipinski definition) is 2. The van der Waals surface area contributed by atoms with E-state index in [0.717, 1.165) is 45.4 Å². The first kappa shape index (κ1) is 14.9. The van der Waals surface area contributed by atoms with Crippen LogP contribution in [-0.4, -0.2) is 42.8 Å². The molecule has 3 nitrogen and oxygen atoms in total. The molecule has 0 amide bonds. The lowest BCUT2D eigenvalue weighted by Gasteiger charge is -2.36. The van der Waals surface area contributed by atoms with Crippen molar-refractivity contribution in [1.29, 1.82) is 0 Å². The van der Waals surface area contributed by atoms with Crippen LogP contribution in [0.3, 0.4) is 0 Å². The summed E-state index contributed by atoms with van der Waals surface area (Å²) in [6.07, 6.45) is 3.13. The van der Waals surface area contributed by atoms with E-state index in [-0.39, 0.29) is 12.0 Å². The second kappa shape index (κ2) is 8.08. The van der Waals surface area contributed by atoms with E-state index < -0.39 is 0 Å². The minimum Gasteiger partial charge on any atom is -0.396 e. The predicted octanol–water partition coefficient (Wildman–Crippen LogP) is 1.46. The van der Waals surface area contributed by atoms with Gasteiger partial charge in [0.25, 0.3) is 0 Å². The molecule has 0 aliphatic heterocycles. The smallest absolute Gasteiger partial charge is 0.0443 e. The number of aliphatic hydroxyl groups is 1. The van der Waals surface area contributed by atoms with Gasteiger partial charge in [0.2, 0.25) is 0 Å². The Kier molecular flexibility index (Phi) is 8.02. The van der Waals surface area contributed by atoms with Crippen LogP contribution < -0.4 is 5.73 Å². The molecule has 92 valence electrons. The molecule has 0 spiro atoms. The molecule has 0 aromatic heterocycles. The van der Waals surface area contributed by atoms with Crippen LogP contribution in [0, 0.1) is 5.41 Å². The van der Waals surface area contributed by atoms with Crippen molar-refractivity contribution in [3.63, 3.8) is 0 Å². The van der Waals surface area contributed by atoms with Gasteiger partial charge in [0.05, 0.1) is 0 Å². The van der Waals surface area contributed by atoms with Crippen molar-refractivity contribution in [3.8, 4) is 0 Å². The van der Waals surface area contributed by atoms with Crippen LogP contribution >= 0.6 is 0 Å². The summed E-state index contributed by atoms with van der Waals surface area (Å²) in [5.74, 6) is 0. The Labute approximate surface area is 94.6 Å².